The highest BCUT2D eigenvalue weighted by Gasteiger charge is 2.10. The zero-order chi connectivity index (χ0) is 22.8. The molecule has 5 nitrogen and oxygen atoms in total. The molecule has 1 unspecified atom stereocenters. The Labute approximate surface area is 193 Å². The highest BCUT2D eigenvalue weighted by Crippen LogP contribution is 2.25. The van der Waals surface area contributed by atoms with Crippen LogP contribution in [0.2, 0.25) is 0 Å². The quantitative estimate of drug-likeness (QED) is 0.287. The Morgan fingerprint density at radius 1 is 1.03 bits per heavy atom. The van der Waals surface area contributed by atoms with Gasteiger partial charge in [0.15, 0.2) is 0 Å². The van der Waals surface area contributed by atoms with E-state index in [0.717, 1.165) is 18.4 Å². The fourth-order valence-electron chi connectivity index (χ4n) is 3.15. The Kier molecular flexibility index (Phi) is 9.61. The Balaban J connectivity index is 0.000000366. The second kappa shape index (κ2) is 12.2. The summed E-state index contributed by atoms with van der Waals surface area (Å²) in [5.41, 5.74) is 2.49. The zero-order valence-electron chi connectivity index (χ0n) is 16.9. The lowest BCUT2D eigenvalue weighted by atomic mass is 9.96. The average molecular weight is 535 g/mol. The van der Waals surface area contributed by atoms with Gasteiger partial charge in [0.2, 0.25) is 0 Å². The molecule has 162 valence electrons. The number of carboxylic acid groups (broad SMARTS) is 2. The number of carboxylic acids is 2. The third-order valence-electron chi connectivity index (χ3n) is 4.62. The first-order valence-corrected chi connectivity index (χ1v) is 10.6. The van der Waals surface area contributed by atoms with E-state index in [1.165, 1.54) is 32.0 Å². The largest absolute Gasteiger partial charge is 0.478 e. The molecule has 0 fully saturated rings. The molecule has 0 saturated heterocycles. The van der Waals surface area contributed by atoms with Crippen LogP contribution in [-0.4, -0.2) is 29.2 Å². The van der Waals surface area contributed by atoms with Gasteiger partial charge in [-0.2, -0.15) is 0 Å². The molecule has 0 aliphatic carbocycles. The van der Waals surface area contributed by atoms with Crippen LogP contribution in [0, 0.1) is 9.39 Å². The third-order valence-corrected chi connectivity index (χ3v) is 5.30. The second-order valence-electron chi connectivity index (χ2n) is 6.72. The number of hydrogen-bond donors (Lipinski definition) is 3. The summed E-state index contributed by atoms with van der Waals surface area (Å²) < 4.78 is 14.3. The van der Waals surface area contributed by atoms with Gasteiger partial charge in [0.1, 0.15) is 5.82 Å². The van der Waals surface area contributed by atoms with Crippen LogP contribution in [0.4, 0.5) is 4.39 Å². The van der Waals surface area contributed by atoms with Crippen molar-refractivity contribution in [2.75, 3.05) is 7.05 Å². The van der Waals surface area contributed by atoms with Gasteiger partial charge in [-0.25, -0.2) is 14.0 Å². The first-order valence-electron chi connectivity index (χ1n) is 9.54. The van der Waals surface area contributed by atoms with Gasteiger partial charge in [-0.15, -0.1) is 0 Å². The van der Waals surface area contributed by atoms with E-state index < -0.39 is 11.9 Å². The lowest BCUT2D eigenvalue weighted by Crippen LogP contribution is -2.17. The standard InChI is InChI=1S/C20H19FIN.C4H4O4/c1-23-20(15-5-8-17(21)9-6-15)12-7-14-3-2-4-16-13-18(22)10-11-19(14)16;5-3(6)1-2-4(7)8/h2-6,8-11,13,20,23H,7,12H2,1H3;1-2H,(H,5,6)(H,7,8). The van der Waals surface area contributed by atoms with E-state index in [9.17, 15) is 14.0 Å². The molecule has 0 amide bonds. The number of halogens is 2. The summed E-state index contributed by atoms with van der Waals surface area (Å²) >= 11 is 2.35. The number of fused-ring (bicyclic) bond motifs is 1. The van der Waals surface area contributed by atoms with E-state index in [-0.39, 0.29) is 11.9 Å². The van der Waals surface area contributed by atoms with Crippen molar-refractivity contribution in [1.82, 2.24) is 5.32 Å². The molecule has 3 N–H and O–H groups in total. The molecule has 1 atom stereocenters. The molecule has 0 radical (unpaired) electrons. The Morgan fingerprint density at radius 2 is 1.68 bits per heavy atom. The summed E-state index contributed by atoms with van der Waals surface area (Å²) in [6, 6.07) is 20.1. The lowest BCUT2D eigenvalue weighted by molar-refractivity contribution is -0.134. The summed E-state index contributed by atoms with van der Waals surface area (Å²) in [5.74, 6) is -2.70. The number of rotatable bonds is 7. The third kappa shape index (κ3) is 8.10. The smallest absolute Gasteiger partial charge is 0.328 e. The summed E-state index contributed by atoms with van der Waals surface area (Å²) in [7, 11) is 1.96. The summed E-state index contributed by atoms with van der Waals surface area (Å²) in [6.45, 7) is 0. The van der Waals surface area contributed by atoms with Gasteiger partial charge in [0, 0.05) is 21.8 Å². The Bertz CT molecular complexity index is 1050. The van der Waals surface area contributed by atoms with Crippen molar-refractivity contribution < 1.29 is 24.2 Å². The van der Waals surface area contributed by atoms with Gasteiger partial charge >= 0.3 is 11.9 Å². The fourth-order valence-corrected chi connectivity index (χ4v) is 3.67. The molecule has 31 heavy (non-hydrogen) atoms. The van der Waals surface area contributed by atoms with Crippen molar-refractivity contribution in [2.45, 2.75) is 18.9 Å². The number of aryl methyl sites for hydroxylation is 1. The highest BCUT2D eigenvalue weighted by atomic mass is 127. The van der Waals surface area contributed by atoms with Gasteiger partial charge in [-0.1, -0.05) is 36.4 Å². The molecule has 0 aliphatic rings. The number of benzene rings is 3. The number of hydrogen-bond acceptors (Lipinski definition) is 3. The molecule has 0 saturated carbocycles. The summed E-state index contributed by atoms with van der Waals surface area (Å²) in [5, 5.41) is 21.6. The van der Waals surface area contributed by atoms with E-state index in [0.29, 0.717) is 12.2 Å². The maximum atomic E-state index is 13.1. The van der Waals surface area contributed by atoms with Crippen molar-refractivity contribution in [3.8, 4) is 0 Å². The maximum Gasteiger partial charge on any atom is 0.328 e. The molecule has 3 aromatic carbocycles. The van der Waals surface area contributed by atoms with Crippen LogP contribution in [0.25, 0.3) is 10.8 Å². The van der Waals surface area contributed by atoms with Crippen LogP contribution in [0.15, 0.2) is 72.8 Å². The minimum absolute atomic E-state index is 0.188. The topological polar surface area (TPSA) is 86.6 Å². The monoisotopic (exact) mass is 535 g/mol. The van der Waals surface area contributed by atoms with Crippen LogP contribution in [0.3, 0.4) is 0 Å². The van der Waals surface area contributed by atoms with Crippen LogP contribution >= 0.6 is 22.6 Å². The molecule has 7 heteroatoms. The maximum absolute atomic E-state index is 13.1. The molecular weight excluding hydrogens is 512 g/mol. The zero-order valence-corrected chi connectivity index (χ0v) is 19.0. The van der Waals surface area contributed by atoms with Gasteiger partial charge in [0.25, 0.3) is 0 Å². The van der Waals surface area contributed by atoms with E-state index in [4.69, 9.17) is 10.2 Å². The Morgan fingerprint density at radius 3 is 2.26 bits per heavy atom. The van der Waals surface area contributed by atoms with Crippen LogP contribution < -0.4 is 5.32 Å². The molecule has 3 rings (SSSR count). The first kappa shape index (κ1) is 24.5. The summed E-state index contributed by atoms with van der Waals surface area (Å²) in [6.07, 6.45) is 3.08. The highest BCUT2D eigenvalue weighted by molar-refractivity contribution is 14.1. The molecule has 3 aromatic rings. The number of aliphatic carboxylic acids is 2. The van der Waals surface area contributed by atoms with E-state index >= 15 is 0 Å². The molecule has 0 aromatic heterocycles. The van der Waals surface area contributed by atoms with Gasteiger partial charge < -0.3 is 15.5 Å². The fraction of sp³-hybridized carbons (Fsp3) is 0.167. The Hall–Kier alpha value is -2.78. The molecule has 0 spiro atoms. The van der Waals surface area contributed by atoms with Crippen LogP contribution in [0.1, 0.15) is 23.6 Å². The minimum Gasteiger partial charge on any atom is -0.478 e. The van der Waals surface area contributed by atoms with Crippen LogP contribution in [-0.2, 0) is 16.0 Å². The normalized spacial score (nSPS) is 11.7. The first-order chi connectivity index (χ1) is 14.8. The lowest BCUT2D eigenvalue weighted by Gasteiger charge is -2.17. The van der Waals surface area contributed by atoms with Crippen molar-refractivity contribution in [2.24, 2.45) is 0 Å². The molecule has 0 heterocycles. The van der Waals surface area contributed by atoms with Crippen molar-refractivity contribution >= 4 is 45.3 Å². The van der Waals surface area contributed by atoms with Gasteiger partial charge in [-0.05, 0) is 88.6 Å². The van der Waals surface area contributed by atoms with E-state index in [1.807, 2.05) is 19.2 Å². The minimum atomic E-state index is -1.26. The summed E-state index contributed by atoms with van der Waals surface area (Å²) in [4.78, 5) is 19.1. The SMILES string of the molecule is CNC(CCc1cccc2cc(I)ccc12)c1ccc(F)cc1.O=C(O)C=CC(=O)O. The van der Waals surface area contributed by atoms with Crippen molar-refractivity contribution in [3.05, 3.63) is 93.3 Å². The molecular formula is C24H23FINO4. The predicted molar refractivity (Wildman–Crippen MR) is 128 cm³/mol. The second-order valence-corrected chi connectivity index (χ2v) is 7.97. The average Bonchev–Trinajstić information content (AvgIpc) is 2.74. The van der Waals surface area contributed by atoms with E-state index in [1.54, 1.807) is 0 Å². The van der Waals surface area contributed by atoms with Gasteiger partial charge in [-0.3, -0.25) is 0 Å². The van der Waals surface area contributed by atoms with Crippen molar-refractivity contribution in [1.29, 1.82) is 0 Å². The number of carbonyl (C=O) groups is 2. The number of nitrogens with one attached hydrogen (secondary N) is 1. The van der Waals surface area contributed by atoms with Gasteiger partial charge in [0.05, 0.1) is 0 Å². The van der Waals surface area contributed by atoms with Crippen LogP contribution in [0.5, 0.6) is 0 Å². The molecule has 0 bridgehead atoms. The van der Waals surface area contributed by atoms with E-state index in [2.05, 4.69) is 64.3 Å². The predicted octanol–water partition coefficient (Wildman–Crippen LogP) is 5.19. The molecule has 0 aliphatic heterocycles. The van der Waals surface area contributed by atoms with Crippen molar-refractivity contribution in [3.63, 3.8) is 0 Å².